The number of hydrogen-bond acceptors (Lipinski definition) is 1. The molecule has 2 aromatic carbocycles. The van der Waals surface area contributed by atoms with Crippen LogP contribution in [0.5, 0.6) is 0 Å². The summed E-state index contributed by atoms with van der Waals surface area (Å²) in [6, 6.07) is 18.0. The minimum atomic E-state index is -0.289. The number of rotatable bonds is 2. The molecule has 1 N–H and O–H groups in total. The SMILES string of the molecule is Fc1ccccc1[C@H]1c2cccn2CCN1C(=S)Nc1ccccc1Cl. The first-order valence-corrected chi connectivity index (χ1v) is 9.15. The maximum absolute atomic E-state index is 14.6. The summed E-state index contributed by atoms with van der Waals surface area (Å²) < 4.78 is 16.7. The topological polar surface area (TPSA) is 20.2 Å². The zero-order valence-corrected chi connectivity index (χ0v) is 15.5. The monoisotopic (exact) mass is 385 g/mol. The Morgan fingerprint density at radius 2 is 1.81 bits per heavy atom. The first-order chi connectivity index (χ1) is 12.6. The summed E-state index contributed by atoms with van der Waals surface area (Å²) in [5, 5.41) is 4.34. The summed E-state index contributed by atoms with van der Waals surface area (Å²) in [5.74, 6) is -0.238. The van der Waals surface area contributed by atoms with Crippen LogP contribution in [0, 0.1) is 5.82 Å². The molecule has 0 bridgehead atoms. The highest BCUT2D eigenvalue weighted by Gasteiger charge is 2.32. The van der Waals surface area contributed by atoms with Crippen molar-refractivity contribution in [2.24, 2.45) is 0 Å². The number of halogens is 2. The summed E-state index contributed by atoms with van der Waals surface area (Å²) in [4.78, 5) is 2.02. The van der Waals surface area contributed by atoms with Gasteiger partial charge in [-0.05, 0) is 42.5 Å². The molecular formula is C20H17ClFN3S. The first kappa shape index (κ1) is 17.1. The lowest BCUT2D eigenvalue weighted by Crippen LogP contribution is -2.44. The van der Waals surface area contributed by atoms with Gasteiger partial charge in [-0.25, -0.2) is 4.39 Å². The van der Waals surface area contributed by atoms with Crippen LogP contribution in [0.2, 0.25) is 5.02 Å². The fraction of sp³-hybridized carbons (Fsp3) is 0.150. The van der Waals surface area contributed by atoms with E-state index in [1.807, 2.05) is 59.6 Å². The lowest BCUT2D eigenvalue weighted by Gasteiger charge is -2.39. The second-order valence-corrected chi connectivity index (χ2v) is 6.95. The Labute approximate surface area is 162 Å². The fourth-order valence-corrected chi connectivity index (χ4v) is 3.87. The normalized spacial score (nSPS) is 16.2. The van der Waals surface area contributed by atoms with Gasteiger partial charge in [0.05, 0.1) is 16.8 Å². The van der Waals surface area contributed by atoms with Crippen molar-refractivity contribution in [2.75, 3.05) is 11.9 Å². The third-order valence-corrected chi connectivity index (χ3v) is 5.28. The lowest BCUT2D eigenvalue weighted by molar-refractivity contribution is 0.288. The number of fused-ring (bicyclic) bond motifs is 1. The van der Waals surface area contributed by atoms with E-state index in [1.54, 1.807) is 6.07 Å². The van der Waals surface area contributed by atoms with Crippen molar-refractivity contribution in [1.29, 1.82) is 0 Å². The highest BCUT2D eigenvalue weighted by Crippen LogP contribution is 2.34. The smallest absolute Gasteiger partial charge is 0.174 e. The average molecular weight is 386 g/mol. The van der Waals surface area contributed by atoms with E-state index in [0.717, 1.165) is 17.9 Å². The predicted molar refractivity (Wildman–Crippen MR) is 107 cm³/mol. The van der Waals surface area contributed by atoms with E-state index in [4.69, 9.17) is 23.8 Å². The van der Waals surface area contributed by atoms with Crippen molar-refractivity contribution in [1.82, 2.24) is 9.47 Å². The molecular weight excluding hydrogens is 369 g/mol. The maximum Gasteiger partial charge on any atom is 0.174 e. The molecule has 3 nitrogen and oxygen atoms in total. The van der Waals surface area contributed by atoms with Gasteiger partial charge in [-0.3, -0.25) is 0 Å². The van der Waals surface area contributed by atoms with Crippen molar-refractivity contribution in [3.8, 4) is 0 Å². The molecule has 26 heavy (non-hydrogen) atoms. The molecule has 3 aromatic rings. The molecule has 1 aromatic heterocycles. The van der Waals surface area contributed by atoms with Gasteiger partial charge in [-0.2, -0.15) is 0 Å². The van der Waals surface area contributed by atoms with Crippen LogP contribution < -0.4 is 5.32 Å². The quantitative estimate of drug-likeness (QED) is 0.621. The molecule has 0 spiro atoms. The molecule has 4 rings (SSSR count). The average Bonchev–Trinajstić information content (AvgIpc) is 3.12. The Morgan fingerprint density at radius 3 is 2.62 bits per heavy atom. The molecule has 1 aliphatic rings. The number of nitrogens with one attached hydrogen (secondary N) is 1. The molecule has 0 saturated heterocycles. The van der Waals surface area contributed by atoms with Crippen molar-refractivity contribution >= 4 is 34.6 Å². The van der Waals surface area contributed by atoms with Gasteiger partial charge in [0.2, 0.25) is 0 Å². The second-order valence-electron chi connectivity index (χ2n) is 6.15. The third kappa shape index (κ3) is 3.08. The Balaban J connectivity index is 1.71. The number of benzene rings is 2. The van der Waals surface area contributed by atoms with Crippen molar-refractivity contribution in [3.05, 3.63) is 89.0 Å². The van der Waals surface area contributed by atoms with Gasteiger partial charge in [0.25, 0.3) is 0 Å². The molecule has 1 aliphatic heterocycles. The predicted octanol–water partition coefficient (Wildman–Crippen LogP) is 5.08. The molecule has 0 radical (unpaired) electrons. The molecule has 0 amide bonds. The third-order valence-electron chi connectivity index (χ3n) is 4.61. The van der Waals surface area contributed by atoms with Gasteiger partial charge in [0, 0.05) is 30.5 Å². The van der Waals surface area contributed by atoms with Gasteiger partial charge in [0.15, 0.2) is 5.11 Å². The highest BCUT2D eigenvalue weighted by atomic mass is 35.5. The van der Waals surface area contributed by atoms with E-state index in [0.29, 0.717) is 22.2 Å². The molecule has 0 saturated carbocycles. The highest BCUT2D eigenvalue weighted by molar-refractivity contribution is 7.80. The van der Waals surface area contributed by atoms with Crippen LogP contribution in [0.25, 0.3) is 0 Å². The molecule has 0 aliphatic carbocycles. The van der Waals surface area contributed by atoms with Crippen LogP contribution in [0.1, 0.15) is 17.3 Å². The first-order valence-electron chi connectivity index (χ1n) is 8.37. The van der Waals surface area contributed by atoms with Crippen LogP contribution in [0.15, 0.2) is 66.9 Å². The minimum absolute atomic E-state index is 0.238. The number of aromatic nitrogens is 1. The van der Waals surface area contributed by atoms with Crippen LogP contribution in [-0.4, -0.2) is 21.1 Å². The van der Waals surface area contributed by atoms with Crippen molar-refractivity contribution in [2.45, 2.75) is 12.6 Å². The van der Waals surface area contributed by atoms with E-state index in [1.165, 1.54) is 6.07 Å². The molecule has 0 unspecified atom stereocenters. The van der Waals surface area contributed by atoms with Crippen LogP contribution in [-0.2, 0) is 6.54 Å². The van der Waals surface area contributed by atoms with E-state index in [2.05, 4.69) is 9.88 Å². The van der Waals surface area contributed by atoms with Crippen molar-refractivity contribution in [3.63, 3.8) is 0 Å². The van der Waals surface area contributed by atoms with E-state index in [-0.39, 0.29) is 11.9 Å². The molecule has 0 fully saturated rings. The zero-order valence-electron chi connectivity index (χ0n) is 13.9. The maximum atomic E-state index is 14.6. The lowest BCUT2D eigenvalue weighted by atomic mass is 10.00. The Bertz CT molecular complexity index is 955. The second kappa shape index (κ2) is 7.09. The standard InChI is InChI=1S/C20H17ClFN3S/c21-15-7-2-4-9-17(15)23-20(26)25-13-12-24-11-5-10-18(24)19(25)14-6-1-3-8-16(14)22/h1-11,19H,12-13H2,(H,23,26)/t19-/m0/s1. The van der Waals surface area contributed by atoms with Crippen LogP contribution in [0.3, 0.4) is 0 Å². The Morgan fingerprint density at radius 1 is 1.04 bits per heavy atom. The number of hydrogen-bond donors (Lipinski definition) is 1. The van der Waals surface area contributed by atoms with Gasteiger partial charge in [-0.1, -0.05) is 41.9 Å². The number of thiocarbonyl (C=S) groups is 1. The van der Waals surface area contributed by atoms with E-state index in [9.17, 15) is 4.39 Å². The number of anilines is 1. The van der Waals surface area contributed by atoms with Crippen molar-refractivity contribution < 1.29 is 4.39 Å². The van der Waals surface area contributed by atoms with E-state index < -0.39 is 0 Å². The zero-order chi connectivity index (χ0) is 18.1. The van der Waals surface area contributed by atoms with Gasteiger partial charge >= 0.3 is 0 Å². The van der Waals surface area contributed by atoms with Gasteiger partial charge in [-0.15, -0.1) is 0 Å². The van der Waals surface area contributed by atoms with Gasteiger partial charge in [0.1, 0.15) is 5.82 Å². The summed E-state index contributed by atoms with van der Waals surface area (Å²) in [6.45, 7) is 1.47. The number of nitrogens with zero attached hydrogens (tertiary/aromatic N) is 2. The Hall–Kier alpha value is -2.37. The molecule has 1 atom stereocenters. The largest absolute Gasteiger partial charge is 0.348 e. The van der Waals surface area contributed by atoms with E-state index >= 15 is 0 Å². The number of para-hydroxylation sites is 1. The summed E-state index contributed by atoms with van der Waals surface area (Å²) in [5.41, 5.74) is 2.37. The molecule has 2 heterocycles. The Kier molecular flexibility index (Phi) is 4.66. The summed E-state index contributed by atoms with van der Waals surface area (Å²) in [7, 11) is 0. The van der Waals surface area contributed by atoms with Crippen LogP contribution in [0.4, 0.5) is 10.1 Å². The molecule has 132 valence electrons. The van der Waals surface area contributed by atoms with Gasteiger partial charge < -0.3 is 14.8 Å². The summed E-state index contributed by atoms with van der Waals surface area (Å²) in [6.07, 6.45) is 2.02. The molecule has 6 heteroatoms. The summed E-state index contributed by atoms with van der Waals surface area (Å²) >= 11 is 11.9. The minimum Gasteiger partial charge on any atom is -0.348 e. The van der Waals surface area contributed by atoms with Crippen LogP contribution >= 0.6 is 23.8 Å². The fourth-order valence-electron chi connectivity index (χ4n) is 3.38.